The second-order valence-electron chi connectivity index (χ2n) is 8.71. The highest BCUT2D eigenvalue weighted by atomic mass is 35.5. The number of imidazole rings is 1. The zero-order valence-corrected chi connectivity index (χ0v) is 22.3. The van der Waals surface area contributed by atoms with Crippen molar-refractivity contribution in [1.29, 1.82) is 0 Å². The molecule has 2 aromatic heterocycles. The van der Waals surface area contributed by atoms with Crippen molar-refractivity contribution in [3.63, 3.8) is 0 Å². The molecule has 0 radical (unpaired) electrons. The van der Waals surface area contributed by atoms with Crippen LogP contribution in [0.25, 0.3) is 16.9 Å². The van der Waals surface area contributed by atoms with Crippen LogP contribution >= 0.6 is 23.4 Å². The molecule has 1 aromatic carbocycles. The van der Waals surface area contributed by atoms with E-state index in [1.54, 1.807) is 7.11 Å². The Labute approximate surface area is 223 Å². The molecule has 202 valence electrons. The Balaban J connectivity index is 0.000000479. The molecule has 0 amide bonds. The lowest BCUT2D eigenvalue weighted by atomic mass is 10.0. The van der Waals surface area contributed by atoms with Crippen LogP contribution in [0.3, 0.4) is 0 Å². The Bertz CT molecular complexity index is 1200. The van der Waals surface area contributed by atoms with Crippen LogP contribution in [0.4, 0.5) is 19.0 Å². The monoisotopic (exact) mass is 557 g/mol. The summed E-state index contributed by atoms with van der Waals surface area (Å²) in [6, 6.07) is 10.3. The molecule has 3 aromatic rings. The van der Waals surface area contributed by atoms with E-state index in [-0.39, 0.29) is 0 Å². The smallest absolute Gasteiger partial charge is 0.490 e. The summed E-state index contributed by atoms with van der Waals surface area (Å²) in [5.41, 5.74) is 2.87. The number of carboxylic acid groups (broad SMARTS) is 1. The molecular formula is C26H31ClF3N3O3S. The Morgan fingerprint density at radius 1 is 1.24 bits per heavy atom. The first-order valence-corrected chi connectivity index (χ1v) is 13.5. The predicted octanol–water partition coefficient (Wildman–Crippen LogP) is 7.93. The molecule has 1 aliphatic carbocycles. The van der Waals surface area contributed by atoms with Gasteiger partial charge in [0.1, 0.15) is 22.9 Å². The number of halogens is 4. The molecule has 11 heteroatoms. The van der Waals surface area contributed by atoms with Gasteiger partial charge in [0, 0.05) is 28.5 Å². The number of anilines is 1. The summed E-state index contributed by atoms with van der Waals surface area (Å²) < 4.78 is 39.6. The van der Waals surface area contributed by atoms with Gasteiger partial charge in [0.2, 0.25) is 0 Å². The zero-order chi connectivity index (χ0) is 27.0. The molecule has 1 aliphatic rings. The van der Waals surface area contributed by atoms with Gasteiger partial charge in [-0.3, -0.25) is 4.40 Å². The third-order valence-corrected chi connectivity index (χ3v) is 7.55. The number of pyridine rings is 1. The van der Waals surface area contributed by atoms with E-state index in [4.69, 9.17) is 31.2 Å². The molecule has 1 fully saturated rings. The van der Waals surface area contributed by atoms with Crippen molar-refractivity contribution in [2.24, 2.45) is 0 Å². The fourth-order valence-corrected chi connectivity index (χ4v) is 5.54. The molecule has 2 heterocycles. The molecule has 0 atom stereocenters. The van der Waals surface area contributed by atoms with Crippen LogP contribution in [0.2, 0.25) is 5.02 Å². The summed E-state index contributed by atoms with van der Waals surface area (Å²) in [4.78, 5) is 15.0. The maximum Gasteiger partial charge on any atom is 0.490 e. The van der Waals surface area contributed by atoms with Crippen molar-refractivity contribution in [2.75, 3.05) is 19.0 Å². The summed E-state index contributed by atoms with van der Waals surface area (Å²) in [5.74, 6) is -0.846. The lowest BCUT2D eigenvalue weighted by molar-refractivity contribution is -0.192. The zero-order valence-electron chi connectivity index (χ0n) is 20.8. The first-order valence-electron chi connectivity index (χ1n) is 12.2. The summed E-state index contributed by atoms with van der Waals surface area (Å²) in [7, 11) is 1.76. The van der Waals surface area contributed by atoms with E-state index >= 15 is 0 Å². The van der Waals surface area contributed by atoms with Crippen molar-refractivity contribution in [3.05, 3.63) is 41.6 Å². The van der Waals surface area contributed by atoms with Crippen molar-refractivity contribution in [1.82, 2.24) is 9.38 Å². The van der Waals surface area contributed by atoms with Crippen LogP contribution in [0.1, 0.15) is 51.9 Å². The highest BCUT2D eigenvalue weighted by molar-refractivity contribution is 8.00. The molecule has 0 bridgehead atoms. The van der Waals surface area contributed by atoms with Gasteiger partial charge in [0.25, 0.3) is 0 Å². The van der Waals surface area contributed by atoms with Crippen LogP contribution in [-0.2, 0) is 4.79 Å². The van der Waals surface area contributed by atoms with Gasteiger partial charge in [0.05, 0.1) is 12.1 Å². The first-order chi connectivity index (χ1) is 17.6. The largest absolute Gasteiger partial charge is 0.496 e. The molecule has 4 rings (SSSR count). The number of thioether (sulfide) groups is 1. The van der Waals surface area contributed by atoms with E-state index in [9.17, 15) is 13.2 Å². The van der Waals surface area contributed by atoms with Crippen LogP contribution in [-0.4, -0.2) is 45.5 Å². The van der Waals surface area contributed by atoms with Crippen LogP contribution in [0.15, 0.2) is 41.4 Å². The van der Waals surface area contributed by atoms with Crippen molar-refractivity contribution in [2.45, 2.75) is 68.2 Å². The maximum absolute atomic E-state index is 10.6. The number of aromatic nitrogens is 2. The first kappa shape index (κ1) is 29.0. The van der Waals surface area contributed by atoms with Gasteiger partial charge in [0.15, 0.2) is 0 Å². The molecule has 6 nitrogen and oxygen atoms in total. The standard InChI is InChI=1S/C24H30ClN3OS.C2HF3O2/c1-3-4-14-26-24-23(27-22-13-11-18(25)16-28(22)24)17-10-12-21(20(15-17)29-2)30-19-8-6-5-7-9-19;3-2(4,5)1(6)7/h10-13,15-16,19,26H,3-9,14H2,1-2H3;(H,6,7). The van der Waals surface area contributed by atoms with Gasteiger partial charge in [-0.2, -0.15) is 13.2 Å². The number of hydrogen-bond acceptors (Lipinski definition) is 5. The van der Waals surface area contributed by atoms with E-state index in [1.807, 2.05) is 34.5 Å². The van der Waals surface area contributed by atoms with Crippen LogP contribution < -0.4 is 10.1 Å². The highest BCUT2D eigenvalue weighted by Gasteiger charge is 2.38. The van der Waals surface area contributed by atoms with E-state index in [0.717, 1.165) is 47.9 Å². The van der Waals surface area contributed by atoms with Gasteiger partial charge in [-0.25, -0.2) is 9.78 Å². The van der Waals surface area contributed by atoms with Crippen molar-refractivity contribution >= 4 is 40.8 Å². The lowest BCUT2D eigenvalue weighted by Crippen LogP contribution is -2.21. The maximum atomic E-state index is 10.6. The highest BCUT2D eigenvalue weighted by Crippen LogP contribution is 2.41. The predicted molar refractivity (Wildman–Crippen MR) is 142 cm³/mol. The number of nitrogens with one attached hydrogen (secondary N) is 1. The number of ether oxygens (including phenoxy) is 1. The minimum Gasteiger partial charge on any atom is -0.496 e. The summed E-state index contributed by atoms with van der Waals surface area (Å²) >= 11 is 8.23. The Kier molecular flexibility index (Phi) is 10.4. The number of unbranched alkanes of at least 4 members (excludes halogenated alkanes) is 1. The second-order valence-corrected chi connectivity index (χ2v) is 10.5. The number of alkyl halides is 3. The molecule has 2 N–H and O–H groups in total. The molecule has 37 heavy (non-hydrogen) atoms. The van der Waals surface area contributed by atoms with E-state index in [0.29, 0.717) is 10.3 Å². The van der Waals surface area contributed by atoms with Crippen molar-refractivity contribution in [3.8, 4) is 17.0 Å². The van der Waals surface area contributed by atoms with Gasteiger partial charge in [-0.15, -0.1) is 11.8 Å². The molecule has 0 saturated heterocycles. The normalized spacial score (nSPS) is 14.2. The van der Waals surface area contributed by atoms with Gasteiger partial charge >= 0.3 is 12.1 Å². The molecule has 0 spiro atoms. The van der Waals surface area contributed by atoms with Crippen LogP contribution in [0.5, 0.6) is 5.75 Å². The number of methoxy groups -OCH3 is 1. The fraction of sp³-hybridized carbons (Fsp3) is 0.462. The van der Waals surface area contributed by atoms with E-state index < -0.39 is 12.1 Å². The fourth-order valence-electron chi connectivity index (χ4n) is 4.05. The SMILES string of the molecule is CCCCNc1c(-c2ccc(SC3CCCCC3)c(OC)c2)nc2ccc(Cl)cn12.O=C(O)C(F)(F)F. The third kappa shape index (κ3) is 7.95. The molecule has 0 unspecified atom stereocenters. The summed E-state index contributed by atoms with van der Waals surface area (Å²) in [5, 5.41) is 12.1. The Hall–Kier alpha value is -2.59. The number of hydrogen-bond donors (Lipinski definition) is 2. The Morgan fingerprint density at radius 2 is 1.95 bits per heavy atom. The van der Waals surface area contributed by atoms with E-state index in [1.165, 1.54) is 37.0 Å². The average Bonchev–Trinajstić information content (AvgIpc) is 3.22. The minimum atomic E-state index is -5.08. The molecule has 1 saturated carbocycles. The second kappa shape index (κ2) is 13.3. The lowest BCUT2D eigenvalue weighted by Gasteiger charge is -2.22. The number of carboxylic acids is 1. The number of benzene rings is 1. The third-order valence-electron chi connectivity index (χ3n) is 5.93. The van der Waals surface area contributed by atoms with Crippen molar-refractivity contribution < 1.29 is 27.8 Å². The molecule has 0 aliphatic heterocycles. The van der Waals surface area contributed by atoms with Gasteiger partial charge in [-0.1, -0.05) is 50.3 Å². The molecular weight excluding hydrogens is 527 g/mol. The van der Waals surface area contributed by atoms with Crippen LogP contribution in [0, 0.1) is 0 Å². The number of carbonyl (C=O) groups is 1. The summed E-state index contributed by atoms with van der Waals surface area (Å²) in [6.45, 7) is 3.10. The topological polar surface area (TPSA) is 75.9 Å². The number of fused-ring (bicyclic) bond motifs is 1. The van der Waals surface area contributed by atoms with Gasteiger partial charge < -0.3 is 15.2 Å². The number of aliphatic carboxylic acids is 1. The summed E-state index contributed by atoms with van der Waals surface area (Å²) in [6.07, 6.45) is 5.74. The quantitative estimate of drug-likeness (QED) is 0.274. The minimum absolute atomic E-state index is 0.696. The number of rotatable bonds is 8. The average molecular weight is 558 g/mol. The number of nitrogens with zero attached hydrogens (tertiary/aromatic N) is 2. The van der Waals surface area contributed by atoms with Gasteiger partial charge in [-0.05, 0) is 43.5 Å². The Morgan fingerprint density at radius 3 is 2.57 bits per heavy atom. The van der Waals surface area contributed by atoms with E-state index in [2.05, 4.69) is 30.4 Å².